The molecule has 1 N–H and O–H groups in total. The van der Waals surface area contributed by atoms with Gasteiger partial charge >= 0.3 is 11.8 Å². The van der Waals surface area contributed by atoms with Gasteiger partial charge in [0.25, 0.3) is 0 Å². The second kappa shape index (κ2) is 3.76. The van der Waals surface area contributed by atoms with Crippen LogP contribution in [0.4, 0.5) is 5.82 Å². The molecule has 0 aliphatic heterocycles. The number of carbonyl (C=O) groups is 1. The Labute approximate surface area is 89.8 Å². The van der Waals surface area contributed by atoms with Crippen LogP contribution in [-0.4, -0.2) is 27.1 Å². The minimum Gasteiger partial charge on any atom is -0.486 e. The number of nitro groups is 1. The second-order valence-electron chi connectivity index (χ2n) is 3.42. The predicted molar refractivity (Wildman–Crippen MR) is 51.5 cm³/mol. The molecule has 0 radical (unpaired) electrons. The third-order valence-corrected chi connectivity index (χ3v) is 2.07. The lowest BCUT2D eigenvalue weighted by Gasteiger charge is -2.03. The van der Waals surface area contributed by atoms with Gasteiger partial charge in [0, 0.05) is 6.07 Å². The Morgan fingerprint density at radius 3 is 2.81 bits per heavy atom. The molecule has 0 unspecified atom stereocenters. The van der Waals surface area contributed by atoms with Gasteiger partial charge in [-0.15, -0.1) is 0 Å². The lowest BCUT2D eigenvalue weighted by molar-refractivity contribution is -0.389. The molecule has 7 heteroatoms. The average Bonchev–Trinajstić information content (AvgIpc) is 3.01. The van der Waals surface area contributed by atoms with Crippen molar-refractivity contribution in [2.45, 2.75) is 18.9 Å². The fourth-order valence-electron chi connectivity index (χ4n) is 1.18. The summed E-state index contributed by atoms with van der Waals surface area (Å²) in [5.41, 5.74) is -0.455. The number of hydrogen-bond donors (Lipinski definition) is 1. The van der Waals surface area contributed by atoms with E-state index < -0.39 is 22.3 Å². The Kier molecular flexibility index (Phi) is 2.43. The number of carboxylic acid groups (broad SMARTS) is 1. The molecule has 1 aromatic rings. The minimum absolute atomic E-state index is 0.0879. The number of hydrogen-bond acceptors (Lipinski definition) is 5. The monoisotopic (exact) mass is 224 g/mol. The highest BCUT2D eigenvalue weighted by molar-refractivity contribution is 5.91. The smallest absolute Gasteiger partial charge is 0.378 e. The molecule has 2 rings (SSSR count). The highest BCUT2D eigenvalue weighted by Gasteiger charge is 2.27. The molecule has 84 valence electrons. The largest absolute Gasteiger partial charge is 0.486 e. The SMILES string of the molecule is O=C(O)c1cc(OC2CC2)cnc1[N+](=O)[O-]. The highest BCUT2D eigenvalue weighted by atomic mass is 16.6. The van der Waals surface area contributed by atoms with Crippen LogP contribution in [0.3, 0.4) is 0 Å². The Balaban J connectivity index is 2.34. The van der Waals surface area contributed by atoms with E-state index in [0.29, 0.717) is 0 Å². The van der Waals surface area contributed by atoms with Crippen molar-refractivity contribution in [3.8, 4) is 5.75 Å². The van der Waals surface area contributed by atoms with E-state index >= 15 is 0 Å². The van der Waals surface area contributed by atoms with Crippen molar-refractivity contribution < 1.29 is 19.6 Å². The summed E-state index contributed by atoms with van der Waals surface area (Å²) in [5.74, 6) is -1.80. The average molecular weight is 224 g/mol. The molecule has 1 heterocycles. The van der Waals surface area contributed by atoms with Gasteiger partial charge in [-0.3, -0.25) is 0 Å². The Morgan fingerprint density at radius 2 is 2.31 bits per heavy atom. The van der Waals surface area contributed by atoms with Crippen molar-refractivity contribution in [1.29, 1.82) is 0 Å². The standard InChI is InChI=1S/C9H8N2O5/c12-9(13)7-3-6(16-5-1-2-5)4-10-8(7)11(14)15/h3-5H,1-2H2,(H,12,13). The van der Waals surface area contributed by atoms with Gasteiger partial charge in [0.15, 0.2) is 17.5 Å². The molecule has 1 fully saturated rings. The van der Waals surface area contributed by atoms with Crippen LogP contribution in [0, 0.1) is 10.1 Å². The van der Waals surface area contributed by atoms with Crippen molar-refractivity contribution >= 4 is 11.8 Å². The van der Waals surface area contributed by atoms with Crippen LogP contribution in [0.5, 0.6) is 5.75 Å². The van der Waals surface area contributed by atoms with Crippen molar-refractivity contribution in [2.75, 3.05) is 0 Å². The maximum Gasteiger partial charge on any atom is 0.378 e. The van der Waals surface area contributed by atoms with E-state index in [1.165, 1.54) is 6.20 Å². The summed E-state index contributed by atoms with van der Waals surface area (Å²) in [5, 5.41) is 19.3. The second-order valence-corrected chi connectivity index (χ2v) is 3.42. The zero-order chi connectivity index (χ0) is 11.7. The highest BCUT2D eigenvalue weighted by Crippen LogP contribution is 2.28. The van der Waals surface area contributed by atoms with E-state index in [-0.39, 0.29) is 11.9 Å². The molecule has 0 aromatic carbocycles. The summed E-state index contributed by atoms with van der Waals surface area (Å²) in [6, 6.07) is 1.13. The molecule has 0 amide bonds. The Bertz CT molecular complexity index is 455. The van der Waals surface area contributed by atoms with Gasteiger partial charge in [-0.25, -0.2) is 4.79 Å². The number of pyridine rings is 1. The van der Waals surface area contributed by atoms with Crippen LogP contribution in [0.1, 0.15) is 23.2 Å². The van der Waals surface area contributed by atoms with Crippen LogP contribution in [-0.2, 0) is 0 Å². The molecule has 0 saturated heterocycles. The van der Waals surface area contributed by atoms with E-state index in [9.17, 15) is 14.9 Å². The van der Waals surface area contributed by atoms with Gasteiger partial charge in [0.2, 0.25) is 0 Å². The first kappa shape index (κ1) is 10.3. The van der Waals surface area contributed by atoms with Crippen LogP contribution >= 0.6 is 0 Å². The third-order valence-electron chi connectivity index (χ3n) is 2.07. The van der Waals surface area contributed by atoms with Crippen molar-refractivity contribution in [3.05, 3.63) is 27.9 Å². The van der Waals surface area contributed by atoms with E-state index in [2.05, 4.69) is 4.98 Å². The zero-order valence-electron chi connectivity index (χ0n) is 8.12. The van der Waals surface area contributed by atoms with Gasteiger partial charge in [-0.05, 0) is 22.7 Å². The minimum atomic E-state index is -1.39. The fourth-order valence-corrected chi connectivity index (χ4v) is 1.18. The first-order valence-electron chi connectivity index (χ1n) is 4.62. The molecule has 1 aliphatic carbocycles. The Morgan fingerprint density at radius 1 is 1.62 bits per heavy atom. The summed E-state index contributed by atoms with van der Waals surface area (Å²) in [7, 11) is 0. The first-order valence-corrected chi connectivity index (χ1v) is 4.62. The Hall–Kier alpha value is -2.18. The first-order chi connectivity index (χ1) is 7.58. The summed E-state index contributed by atoms with van der Waals surface area (Å²) < 4.78 is 5.30. The van der Waals surface area contributed by atoms with Gasteiger partial charge < -0.3 is 20.0 Å². The summed E-state index contributed by atoms with van der Waals surface area (Å²) >= 11 is 0. The van der Waals surface area contributed by atoms with E-state index in [1.807, 2.05) is 0 Å². The molecule has 16 heavy (non-hydrogen) atoms. The van der Waals surface area contributed by atoms with Crippen LogP contribution in [0.25, 0.3) is 0 Å². The number of rotatable bonds is 4. The molecule has 1 aliphatic rings. The van der Waals surface area contributed by atoms with Gasteiger partial charge in [0.1, 0.15) is 0 Å². The van der Waals surface area contributed by atoms with Crippen LogP contribution in [0.2, 0.25) is 0 Å². The number of ether oxygens (including phenoxy) is 1. The van der Waals surface area contributed by atoms with Crippen molar-refractivity contribution in [1.82, 2.24) is 4.98 Å². The number of nitrogens with zero attached hydrogens (tertiary/aromatic N) is 2. The molecule has 0 atom stereocenters. The van der Waals surface area contributed by atoms with E-state index in [0.717, 1.165) is 18.9 Å². The summed E-state index contributed by atoms with van der Waals surface area (Å²) in [4.78, 5) is 23.9. The number of aromatic nitrogens is 1. The molecule has 0 spiro atoms. The van der Waals surface area contributed by atoms with E-state index in [1.54, 1.807) is 0 Å². The molecule has 7 nitrogen and oxygen atoms in total. The third kappa shape index (κ3) is 2.08. The topological polar surface area (TPSA) is 103 Å². The lowest BCUT2D eigenvalue weighted by Crippen LogP contribution is -2.06. The molecular weight excluding hydrogens is 216 g/mol. The summed E-state index contributed by atoms with van der Waals surface area (Å²) in [6.07, 6.45) is 3.09. The maximum atomic E-state index is 10.8. The molecule has 1 saturated carbocycles. The number of carboxylic acids is 1. The molecule has 1 aromatic heterocycles. The van der Waals surface area contributed by atoms with Crippen LogP contribution < -0.4 is 4.74 Å². The predicted octanol–water partition coefficient (Wildman–Crippen LogP) is 1.23. The van der Waals surface area contributed by atoms with Crippen molar-refractivity contribution in [2.24, 2.45) is 0 Å². The maximum absolute atomic E-state index is 10.8. The molecular formula is C9H8N2O5. The quantitative estimate of drug-likeness (QED) is 0.609. The zero-order valence-corrected chi connectivity index (χ0v) is 8.12. The lowest BCUT2D eigenvalue weighted by atomic mass is 10.2. The van der Waals surface area contributed by atoms with Gasteiger partial charge in [-0.2, -0.15) is 0 Å². The van der Waals surface area contributed by atoms with Crippen LogP contribution in [0.15, 0.2) is 12.3 Å². The normalized spacial score (nSPS) is 14.5. The van der Waals surface area contributed by atoms with Crippen molar-refractivity contribution in [3.63, 3.8) is 0 Å². The van der Waals surface area contributed by atoms with E-state index in [4.69, 9.17) is 9.84 Å². The van der Waals surface area contributed by atoms with Gasteiger partial charge in [-0.1, -0.05) is 0 Å². The summed E-state index contributed by atoms with van der Waals surface area (Å²) in [6.45, 7) is 0. The van der Waals surface area contributed by atoms with Gasteiger partial charge in [0.05, 0.1) is 6.10 Å². The number of aromatic carboxylic acids is 1. The fraction of sp³-hybridized carbons (Fsp3) is 0.333. The molecule has 0 bridgehead atoms.